The first-order valence-electron chi connectivity index (χ1n) is 7.60. The number of hydrogen-bond acceptors (Lipinski definition) is 4. The summed E-state index contributed by atoms with van der Waals surface area (Å²) in [7, 11) is 2.15. The van der Waals surface area contributed by atoms with Gasteiger partial charge < -0.3 is 4.74 Å². The van der Waals surface area contributed by atoms with Crippen LogP contribution in [0.3, 0.4) is 0 Å². The van der Waals surface area contributed by atoms with E-state index in [-0.39, 0.29) is 11.9 Å². The highest BCUT2D eigenvalue weighted by Gasteiger charge is 2.26. The first-order chi connectivity index (χ1) is 10.6. The van der Waals surface area contributed by atoms with Crippen LogP contribution in [-0.4, -0.2) is 29.6 Å². The Balaban J connectivity index is 1.63. The number of thiazole rings is 1. The predicted octanol–water partition coefficient (Wildman–Crippen LogP) is 3.94. The van der Waals surface area contributed by atoms with E-state index in [1.807, 2.05) is 19.1 Å². The van der Waals surface area contributed by atoms with Crippen LogP contribution in [0.1, 0.15) is 35.2 Å². The molecule has 0 bridgehead atoms. The van der Waals surface area contributed by atoms with Crippen LogP contribution < -0.4 is 0 Å². The lowest BCUT2D eigenvalue weighted by Crippen LogP contribution is -2.37. The highest BCUT2D eigenvalue weighted by molar-refractivity contribution is 7.09. The van der Waals surface area contributed by atoms with Crippen molar-refractivity contribution in [2.24, 2.45) is 0 Å². The summed E-state index contributed by atoms with van der Waals surface area (Å²) >= 11 is 1.69. The Bertz CT molecular complexity index is 613. The molecule has 3 rings (SSSR count). The van der Waals surface area contributed by atoms with Gasteiger partial charge in [0.25, 0.3) is 0 Å². The quantitative estimate of drug-likeness (QED) is 0.853. The average molecular weight is 320 g/mol. The highest BCUT2D eigenvalue weighted by atomic mass is 32.1. The van der Waals surface area contributed by atoms with Gasteiger partial charge in [-0.3, -0.25) is 4.90 Å². The molecule has 118 valence electrons. The van der Waals surface area contributed by atoms with Crippen LogP contribution in [-0.2, 0) is 11.3 Å². The molecule has 1 aliphatic rings. The van der Waals surface area contributed by atoms with E-state index in [1.54, 1.807) is 11.3 Å². The molecule has 0 saturated carbocycles. The molecule has 2 heterocycles. The number of aromatic nitrogens is 1. The SMILES string of the molecule is Cc1nc(CN(C)[C@@H]2CCO[C@@H](c3ccc(F)cc3)C2)cs1. The van der Waals surface area contributed by atoms with Crippen molar-refractivity contribution in [1.82, 2.24) is 9.88 Å². The number of ether oxygens (including phenoxy) is 1. The van der Waals surface area contributed by atoms with Gasteiger partial charge in [-0.15, -0.1) is 11.3 Å². The standard InChI is InChI=1S/C17H21FN2OS/c1-12-19-15(11-22-12)10-20(2)16-7-8-21-17(9-16)13-3-5-14(18)6-4-13/h3-6,11,16-17H,7-10H2,1-2H3/t16-,17-/m1/s1. The van der Waals surface area contributed by atoms with Gasteiger partial charge in [-0.05, 0) is 44.5 Å². The largest absolute Gasteiger partial charge is 0.373 e. The maximum Gasteiger partial charge on any atom is 0.123 e. The number of nitrogens with zero attached hydrogens (tertiary/aromatic N) is 2. The summed E-state index contributed by atoms with van der Waals surface area (Å²) in [5, 5.41) is 3.24. The Morgan fingerprint density at radius 3 is 2.82 bits per heavy atom. The van der Waals surface area contributed by atoms with Gasteiger partial charge >= 0.3 is 0 Å². The summed E-state index contributed by atoms with van der Waals surface area (Å²) < 4.78 is 18.9. The minimum atomic E-state index is -0.202. The zero-order valence-corrected chi connectivity index (χ0v) is 13.8. The van der Waals surface area contributed by atoms with Gasteiger partial charge in [0.05, 0.1) is 16.8 Å². The summed E-state index contributed by atoms with van der Waals surface area (Å²) in [6.07, 6.45) is 2.02. The second-order valence-electron chi connectivity index (χ2n) is 5.86. The molecule has 0 N–H and O–H groups in total. The molecule has 22 heavy (non-hydrogen) atoms. The molecule has 3 nitrogen and oxygen atoms in total. The Morgan fingerprint density at radius 2 is 2.14 bits per heavy atom. The number of aryl methyl sites for hydroxylation is 1. The summed E-state index contributed by atoms with van der Waals surface area (Å²) in [4.78, 5) is 6.89. The van der Waals surface area contributed by atoms with E-state index in [1.165, 1.54) is 12.1 Å². The predicted molar refractivity (Wildman–Crippen MR) is 86.4 cm³/mol. The molecule has 1 aromatic carbocycles. The summed E-state index contributed by atoms with van der Waals surface area (Å²) in [6.45, 7) is 3.64. The zero-order valence-electron chi connectivity index (χ0n) is 13.0. The van der Waals surface area contributed by atoms with Crippen LogP contribution in [0.2, 0.25) is 0 Å². The van der Waals surface area contributed by atoms with Crippen molar-refractivity contribution in [3.63, 3.8) is 0 Å². The van der Waals surface area contributed by atoms with Gasteiger partial charge in [0.2, 0.25) is 0 Å². The van der Waals surface area contributed by atoms with Gasteiger partial charge in [-0.1, -0.05) is 12.1 Å². The monoisotopic (exact) mass is 320 g/mol. The lowest BCUT2D eigenvalue weighted by atomic mass is 9.96. The van der Waals surface area contributed by atoms with Crippen molar-refractivity contribution >= 4 is 11.3 Å². The number of rotatable bonds is 4. The molecule has 0 aliphatic carbocycles. The topological polar surface area (TPSA) is 25.4 Å². The van der Waals surface area contributed by atoms with Crippen LogP contribution in [0.15, 0.2) is 29.6 Å². The van der Waals surface area contributed by atoms with Crippen molar-refractivity contribution in [3.05, 3.63) is 51.7 Å². The van der Waals surface area contributed by atoms with E-state index in [2.05, 4.69) is 22.3 Å². The van der Waals surface area contributed by atoms with E-state index in [0.29, 0.717) is 6.04 Å². The minimum Gasteiger partial charge on any atom is -0.373 e. The Kier molecular flexibility index (Phi) is 4.86. The van der Waals surface area contributed by atoms with E-state index >= 15 is 0 Å². The lowest BCUT2D eigenvalue weighted by Gasteiger charge is -2.35. The summed E-state index contributed by atoms with van der Waals surface area (Å²) in [5.74, 6) is -0.202. The second kappa shape index (κ2) is 6.86. The van der Waals surface area contributed by atoms with Gasteiger partial charge in [-0.25, -0.2) is 9.37 Å². The van der Waals surface area contributed by atoms with Crippen molar-refractivity contribution in [1.29, 1.82) is 0 Å². The molecular weight excluding hydrogens is 299 g/mol. The van der Waals surface area contributed by atoms with Gasteiger partial charge in [0.15, 0.2) is 0 Å². The third kappa shape index (κ3) is 3.72. The van der Waals surface area contributed by atoms with Crippen molar-refractivity contribution in [2.75, 3.05) is 13.7 Å². The number of halogens is 1. The third-order valence-electron chi connectivity index (χ3n) is 4.20. The average Bonchev–Trinajstić information content (AvgIpc) is 2.93. The Hall–Kier alpha value is -1.30. The molecule has 0 unspecified atom stereocenters. The van der Waals surface area contributed by atoms with Gasteiger partial charge in [0.1, 0.15) is 5.82 Å². The number of hydrogen-bond donors (Lipinski definition) is 0. The highest BCUT2D eigenvalue weighted by Crippen LogP contribution is 2.30. The summed E-state index contributed by atoms with van der Waals surface area (Å²) in [6, 6.07) is 7.12. The Labute approximate surface area is 134 Å². The molecule has 2 aromatic rings. The van der Waals surface area contributed by atoms with Crippen molar-refractivity contribution < 1.29 is 9.13 Å². The molecule has 0 spiro atoms. The Morgan fingerprint density at radius 1 is 1.36 bits per heavy atom. The van der Waals surface area contributed by atoms with Crippen LogP contribution >= 0.6 is 11.3 Å². The molecular formula is C17H21FN2OS. The fraction of sp³-hybridized carbons (Fsp3) is 0.471. The number of benzene rings is 1. The molecule has 1 aliphatic heterocycles. The van der Waals surface area contributed by atoms with E-state index in [4.69, 9.17) is 4.74 Å². The maximum absolute atomic E-state index is 13.0. The maximum atomic E-state index is 13.0. The molecule has 5 heteroatoms. The molecule has 1 aromatic heterocycles. The first-order valence-corrected chi connectivity index (χ1v) is 8.48. The molecule has 0 radical (unpaired) electrons. The zero-order chi connectivity index (χ0) is 15.5. The van der Waals surface area contributed by atoms with Crippen LogP contribution in [0.5, 0.6) is 0 Å². The van der Waals surface area contributed by atoms with Crippen LogP contribution in [0.4, 0.5) is 4.39 Å². The van der Waals surface area contributed by atoms with Gasteiger partial charge in [-0.2, -0.15) is 0 Å². The van der Waals surface area contributed by atoms with Crippen LogP contribution in [0, 0.1) is 12.7 Å². The van der Waals surface area contributed by atoms with Crippen LogP contribution in [0.25, 0.3) is 0 Å². The fourth-order valence-corrected chi connectivity index (χ4v) is 3.56. The van der Waals surface area contributed by atoms with Crippen molar-refractivity contribution in [2.45, 2.75) is 38.5 Å². The smallest absolute Gasteiger partial charge is 0.123 e. The molecule has 2 atom stereocenters. The molecule has 1 saturated heterocycles. The van der Waals surface area contributed by atoms with E-state index in [9.17, 15) is 4.39 Å². The summed E-state index contributed by atoms with van der Waals surface area (Å²) in [5.41, 5.74) is 2.19. The first kappa shape index (κ1) is 15.6. The lowest BCUT2D eigenvalue weighted by molar-refractivity contribution is -0.0251. The molecule has 1 fully saturated rings. The fourth-order valence-electron chi connectivity index (χ4n) is 2.95. The minimum absolute atomic E-state index is 0.0546. The van der Waals surface area contributed by atoms with Crippen molar-refractivity contribution in [3.8, 4) is 0 Å². The molecule has 0 amide bonds. The van der Waals surface area contributed by atoms with Gasteiger partial charge in [0, 0.05) is 24.6 Å². The normalized spacial score (nSPS) is 22.2. The second-order valence-corrected chi connectivity index (χ2v) is 6.92. The third-order valence-corrected chi connectivity index (χ3v) is 5.02. The van der Waals surface area contributed by atoms with E-state index in [0.717, 1.165) is 42.3 Å². The van der Waals surface area contributed by atoms with E-state index < -0.39 is 0 Å².